The SMILES string of the molecule is CCC(CC)[C@H](CNC(=O)c1cc2ccccc2[nH]c1=O)N1CCOCC1. The number of para-hydroxylation sites is 1. The fourth-order valence-corrected chi connectivity index (χ4v) is 3.94. The number of morpholine rings is 1. The number of H-pyrrole nitrogens is 1. The number of pyridine rings is 1. The number of carbonyl (C=O) groups is 1. The maximum atomic E-state index is 12.7. The van der Waals surface area contributed by atoms with Crippen LogP contribution in [0.25, 0.3) is 10.9 Å². The van der Waals surface area contributed by atoms with Gasteiger partial charge in [-0.3, -0.25) is 14.5 Å². The highest BCUT2D eigenvalue weighted by atomic mass is 16.5. The van der Waals surface area contributed by atoms with Crippen LogP contribution in [-0.2, 0) is 4.74 Å². The molecule has 6 heteroatoms. The van der Waals surface area contributed by atoms with Gasteiger partial charge in [-0.05, 0) is 23.4 Å². The lowest BCUT2D eigenvalue weighted by atomic mass is 9.92. The van der Waals surface area contributed by atoms with Gasteiger partial charge in [0, 0.05) is 31.2 Å². The van der Waals surface area contributed by atoms with E-state index in [4.69, 9.17) is 4.74 Å². The summed E-state index contributed by atoms with van der Waals surface area (Å²) in [5, 5.41) is 3.86. The van der Waals surface area contributed by atoms with Crippen molar-refractivity contribution in [3.05, 3.63) is 46.2 Å². The fraction of sp³-hybridized carbons (Fsp3) is 0.524. The monoisotopic (exact) mass is 371 g/mol. The standard InChI is InChI=1S/C21H29N3O3/c1-3-15(4-2)19(24-9-11-27-12-10-24)14-22-20(25)17-13-16-7-5-6-8-18(16)23-21(17)26/h5-8,13,15,19H,3-4,9-12,14H2,1-2H3,(H,22,25)(H,23,26)/t19-/m0/s1. The van der Waals surface area contributed by atoms with Crippen LogP contribution in [0.4, 0.5) is 0 Å². The summed E-state index contributed by atoms with van der Waals surface area (Å²) >= 11 is 0. The first-order valence-corrected chi connectivity index (χ1v) is 9.86. The van der Waals surface area contributed by atoms with E-state index in [9.17, 15) is 9.59 Å². The van der Waals surface area contributed by atoms with Gasteiger partial charge in [-0.15, -0.1) is 0 Å². The molecule has 0 radical (unpaired) electrons. The number of hydrogen-bond acceptors (Lipinski definition) is 4. The Morgan fingerprint density at radius 2 is 1.93 bits per heavy atom. The van der Waals surface area contributed by atoms with Gasteiger partial charge in [0.15, 0.2) is 0 Å². The van der Waals surface area contributed by atoms with E-state index in [-0.39, 0.29) is 23.1 Å². The summed E-state index contributed by atoms with van der Waals surface area (Å²) in [6, 6.07) is 9.41. The second-order valence-electron chi connectivity index (χ2n) is 7.10. The number of ether oxygens (including phenoxy) is 1. The van der Waals surface area contributed by atoms with Gasteiger partial charge in [-0.2, -0.15) is 0 Å². The molecule has 1 aliphatic rings. The zero-order chi connectivity index (χ0) is 19.2. The summed E-state index contributed by atoms with van der Waals surface area (Å²) in [6.45, 7) is 8.15. The lowest BCUT2D eigenvalue weighted by Gasteiger charge is -2.38. The molecule has 0 spiro atoms. The highest BCUT2D eigenvalue weighted by Gasteiger charge is 2.27. The lowest BCUT2D eigenvalue weighted by molar-refractivity contribution is 0.00191. The number of amides is 1. The van der Waals surface area contributed by atoms with Crippen LogP contribution >= 0.6 is 0 Å². The smallest absolute Gasteiger partial charge is 0.261 e. The van der Waals surface area contributed by atoms with Crippen LogP contribution in [0.5, 0.6) is 0 Å². The van der Waals surface area contributed by atoms with Crippen molar-refractivity contribution in [2.45, 2.75) is 32.7 Å². The summed E-state index contributed by atoms with van der Waals surface area (Å²) in [4.78, 5) is 30.2. The molecule has 0 bridgehead atoms. The van der Waals surface area contributed by atoms with Gasteiger partial charge < -0.3 is 15.0 Å². The molecule has 1 aromatic carbocycles. The number of carbonyl (C=O) groups excluding carboxylic acids is 1. The summed E-state index contributed by atoms with van der Waals surface area (Å²) in [5.74, 6) is 0.185. The molecular weight excluding hydrogens is 342 g/mol. The van der Waals surface area contributed by atoms with E-state index in [0.717, 1.165) is 50.0 Å². The molecule has 2 N–H and O–H groups in total. The third-order valence-electron chi connectivity index (χ3n) is 5.58. The van der Waals surface area contributed by atoms with Crippen molar-refractivity contribution in [3.8, 4) is 0 Å². The number of nitrogens with one attached hydrogen (secondary N) is 2. The maximum Gasteiger partial charge on any atom is 0.261 e. The molecule has 0 saturated carbocycles. The van der Waals surface area contributed by atoms with Gasteiger partial charge >= 0.3 is 0 Å². The number of rotatable bonds is 7. The zero-order valence-electron chi connectivity index (χ0n) is 16.2. The summed E-state index contributed by atoms with van der Waals surface area (Å²) in [5.41, 5.74) is 0.554. The van der Waals surface area contributed by atoms with Crippen molar-refractivity contribution in [3.63, 3.8) is 0 Å². The van der Waals surface area contributed by atoms with Gasteiger partial charge in [0.2, 0.25) is 0 Å². The van der Waals surface area contributed by atoms with Crippen LogP contribution in [0.2, 0.25) is 0 Å². The van der Waals surface area contributed by atoms with Crippen LogP contribution in [0.15, 0.2) is 35.1 Å². The van der Waals surface area contributed by atoms with Crippen molar-refractivity contribution in [2.75, 3.05) is 32.8 Å². The molecule has 1 amide bonds. The van der Waals surface area contributed by atoms with Gasteiger partial charge in [0.1, 0.15) is 5.56 Å². The molecule has 1 fully saturated rings. The van der Waals surface area contributed by atoms with Crippen molar-refractivity contribution >= 4 is 16.8 Å². The van der Waals surface area contributed by atoms with Crippen molar-refractivity contribution in [2.24, 2.45) is 5.92 Å². The molecule has 2 heterocycles. The number of aromatic amines is 1. The van der Waals surface area contributed by atoms with Crippen molar-refractivity contribution in [1.82, 2.24) is 15.2 Å². The summed E-state index contributed by atoms with van der Waals surface area (Å²) in [6.07, 6.45) is 2.12. The number of hydrogen-bond donors (Lipinski definition) is 2. The Kier molecular flexibility index (Phi) is 6.63. The molecule has 1 saturated heterocycles. The Morgan fingerprint density at radius 3 is 2.63 bits per heavy atom. The lowest BCUT2D eigenvalue weighted by Crippen LogP contribution is -2.52. The molecule has 0 unspecified atom stereocenters. The minimum atomic E-state index is -0.350. The third-order valence-corrected chi connectivity index (χ3v) is 5.58. The van der Waals surface area contributed by atoms with E-state index in [1.807, 2.05) is 24.3 Å². The van der Waals surface area contributed by atoms with Gasteiger partial charge in [-0.1, -0.05) is 44.9 Å². The maximum absolute atomic E-state index is 12.7. The predicted octanol–water partition coefficient (Wildman–Crippen LogP) is 2.39. The second-order valence-corrected chi connectivity index (χ2v) is 7.10. The van der Waals surface area contributed by atoms with E-state index in [0.29, 0.717) is 12.5 Å². The van der Waals surface area contributed by atoms with Crippen molar-refractivity contribution in [1.29, 1.82) is 0 Å². The van der Waals surface area contributed by atoms with Crippen LogP contribution in [0.3, 0.4) is 0 Å². The van der Waals surface area contributed by atoms with Gasteiger partial charge in [0.25, 0.3) is 11.5 Å². The van der Waals surface area contributed by atoms with E-state index in [1.54, 1.807) is 6.07 Å². The third kappa shape index (κ3) is 4.57. The predicted molar refractivity (Wildman–Crippen MR) is 107 cm³/mol. The van der Waals surface area contributed by atoms with Crippen molar-refractivity contribution < 1.29 is 9.53 Å². The van der Waals surface area contributed by atoms with Crippen LogP contribution in [-0.4, -0.2) is 54.7 Å². The Balaban J connectivity index is 1.75. The zero-order valence-corrected chi connectivity index (χ0v) is 16.2. The average molecular weight is 371 g/mol. The van der Waals surface area contributed by atoms with E-state index in [1.165, 1.54) is 0 Å². The van der Waals surface area contributed by atoms with E-state index in [2.05, 4.69) is 29.0 Å². The van der Waals surface area contributed by atoms with Gasteiger partial charge in [0.05, 0.1) is 13.2 Å². The Hall–Kier alpha value is -2.18. The first kappa shape index (κ1) is 19.6. The molecule has 3 rings (SSSR count). The molecule has 2 aromatic rings. The first-order valence-electron chi connectivity index (χ1n) is 9.86. The Labute approximate surface area is 159 Å². The molecule has 6 nitrogen and oxygen atoms in total. The number of aromatic nitrogens is 1. The summed E-state index contributed by atoms with van der Waals surface area (Å²) in [7, 11) is 0. The normalized spacial score (nSPS) is 16.6. The van der Waals surface area contributed by atoms with Crippen LogP contribution < -0.4 is 10.9 Å². The highest BCUT2D eigenvalue weighted by Crippen LogP contribution is 2.20. The molecule has 0 aliphatic carbocycles. The van der Waals surface area contributed by atoms with Gasteiger partial charge in [-0.25, -0.2) is 0 Å². The van der Waals surface area contributed by atoms with E-state index >= 15 is 0 Å². The largest absolute Gasteiger partial charge is 0.379 e. The molecule has 1 aromatic heterocycles. The Morgan fingerprint density at radius 1 is 1.22 bits per heavy atom. The highest BCUT2D eigenvalue weighted by molar-refractivity contribution is 5.97. The molecule has 27 heavy (non-hydrogen) atoms. The minimum absolute atomic E-state index is 0.166. The fourth-order valence-electron chi connectivity index (χ4n) is 3.94. The molecule has 1 atom stereocenters. The quantitative estimate of drug-likeness (QED) is 0.784. The second kappa shape index (κ2) is 9.15. The first-order chi connectivity index (χ1) is 13.1. The Bertz CT molecular complexity index is 823. The van der Waals surface area contributed by atoms with Crippen LogP contribution in [0.1, 0.15) is 37.0 Å². The van der Waals surface area contributed by atoms with E-state index < -0.39 is 0 Å². The topological polar surface area (TPSA) is 74.4 Å². The average Bonchev–Trinajstić information content (AvgIpc) is 2.71. The number of benzene rings is 1. The minimum Gasteiger partial charge on any atom is -0.379 e. The number of fused-ring (bicyclic) bond motifs is 1. The van der Waals surface area contributed by atoms with Crippen LogP contribution in [0, 0.1) is 5.92 Å². The molecule has 146 valence electrons. The number of nitrogens with zero attached hydrogens (tertiary/aromatic N) is 1. The molecular formula is C21H29N3O3. The summed E-state index contributed by atoms with van der Waals surface area (Å²) < 4.78 is 5.47. The molecule has 1 aliphatic heterocycles.